The fraction of sp³-hybridized carbons (Fsp3) is 0.263. The molecule has 4 rings (SSSR count). The monoisotopic (exact) mass is 348 g/mol. The van der Waals surface area contributed by atoms with Crippen molar-refractivity contribution in [2.45, 2.75) is 26.3 Å². The molecule has 0 unspecified atom stereocenters. The molecule has 1 atom stereocenters. The molecule has 3 aromatic heterocycles. The number of hydrogen-bond donors (Lipinski definition) is 2. The van der Waals surface area contributed by atoms with Gasteiger partial charge in [0.05, 0.1) is 22.6 Å². The zero-order valence-corrected chi connectivity index (χ0v) is 14.7. The zero-order chi connectivity index (χ0) is 18.1. The molecule has 0 fully saturated rings. The molecule has 1 amide bonds. The largest absolute Gasteiger partial charge is 0.342 e. The fourth-order valence-electron chi connectivity index (χ4n) is 3.05. The minimum absolute atomic E-state index is 0.147. The van der Waals surface area contributed by atoms with Gasteiger partial charge in [-0.15, -0.1) is 10.2 Å². The van der Waals surface area contributed by atoms with E-state index in [-0.39, 0.29) is 11.9 Å². The lowest BCUT2D eigenvalue weighted by Gasteiger charge is -2.18. The number of aromatic amines is 1. The van der Waals surface area contributed by atoms with Crippen LogP contribution in [0.4, 0.5) is 0 Å². The third kappa shape index (κ3) is 3.15. The molecule has 0 aliphatic heterocycles. The lowest BCUT2D eigenvalue weighted by molar-refractivity contribution is 0.0929. The van der Waals surface area contributed by atoms with Gasteiger partial charge in [-0.3, -0.25) is 9.20 Å². The second-order valence-electron chi connectivity index (χ2n) is 6.81. The van der Waals surface area contributed by atoms with Crippen LogP contribution in [0.1, 0.15) is 42.5 Å². The van der Waals surface area contributed by atoms with Gasteiger partial charge >= 0.3 is 0 Å². The van der Waals surface area contributed by atoms with Gasteiger partial charge in [-0.05, 0) is 36.6 Å². The Kier molecular flexibility index (Phi) is 4.12. The normalized spacial score (nSPS) is 12.7. The van der Waals surface area contributed by atoms with Crippen LogP contribution in [0, 0.1) is 5.92 Å². The Labute approximate surface area is 150 Å². The summed E-state index contributed by atoms with van der Waals surface area (Å²) in [7, 11) is 0. The third-order valence-electron chi connectivity index (χ3n) is 4.30. The molecular weight excluding hydrogens is 328 g/mol. The number of carbonyl (C=O) groups is 1. The quantitative estimate of drug-likeness (QED) is 0.580. The van der Waals surface area contributed by atoms with Crippen LogP contribution in [0.5, 0.6) is 0 Å². The first-order chi connectivity index (χ1) is 12.6. The van der Waals surface area contributed by atoms with Crippen LogP contribution in [0.3, 0.4) is 0 Å². The molecule has 4 aromatic rings. The summed E-state index contributed by atoms with van der Waals surface area (Å²) in [5, 5.41) is 10.9. The summed E-state index contributed by atoms with van der Waals surface area (Å²) in [6.07, 6.45) is 4.10. The number of rotatable bonds is 5. The molecule has 2 N–H and O–H groups in total. The number of benzene rings is 1. The second kappa shape index (κ2) is 6.59. The Morgan fingerprint density at radius 1 is 1.23 bits per heavy atom. The van der Waals surface area contributed by atoms with Crippen molar-refractivity contribution in [3.8, 4) is 0 Å². The maximum atomic E-state index is 12.8. The van der Waals surface area contributed by atoms with Crippen molar-refractivity contribution in [2.24, 2.45) is 5.92 Å². The molecule has 0 spiro atoms. The Morgan fingerprint density at radius 3 is 2.88 bits per heavy atom. The number of imidazole rings is 1. The highest BCUT2D eigenvalue weighted by molar-refractivity contribution is 5.94. The molecule has 7 nitrogen and oxygen atoms in total. The number of nitrogens with zero attached hydrogens (tertiary/aromatic N) is 4. The van der Waals surface area contributed by atoms with Gasteiger partial charge in [-0.25, -0.2) is 4.98 Å². The highest BCUT2D eigenvalue weighted by Crippen LogP contribution is 2.22. The Morgan fingerprint density at radius 2 is 2.08 bits per heavy atom. The first-order valence-electron chi connectivity index (χ1n) is 8.65. The van der Waals surface area contributed by atoms with Crippen molar-refractivity contribution in [3.05, 3.63) is 60.3 Å². The number of carbonyl (C=O) groups excluding carboxylic acids is 1. The Bertz CT molecular complexity index is 1030. The minimum Gasteiger partial charge on any atom is -0.342 e. The van der Waals surface area contributed by atoms with Gasteiger partial charge in [0.25, 0.3) is 5.91 Å². The average molecular weight is 348 g/mol. The number of para-hydroxylation sites is 2. The molecule has 0 aliphatic carbocycles. The Hall–Kier alpha value is -3.22. The molecule has 3 heterocycles. The summed E-state index contributed by atoms with van der Waals surface area (Å²) in [6.45, 7) is 4.26. The lowest BCUT2D eigenvalue weighted by atomic mass is 10.0. The maximum Gasteiger partial charge on any atom is 0.253 e. The first kappa shape index (κ1) is 16.3. The van der Waals surface area contributed by atoms with Crippen molar-refractivity contribution < 1.29 is 4.79 Å². The van der Waals surface area contributed by atoms with E-state index in [2.05, 4.69) is 39.3 Å². The van der Waals surface area contributed by atoms with Crippen LogP contribution < -0.4 is 5.32 Å². The molecule has 0 saturated heterocycles. The number of hydrogen-bond acceptors (Lipinski definition) is 4. The topological polar surface area (TPSA) is 88.0 Å². The number of pyridine rings is 1. The van der Waals surface area contributed by atoms with Gasteiger partial charge in [0.15, 0.2) is 5.65 Å². The van der Waals surface area contributed by atoms with Gasteiger partial charge in [-0.1, -0.05) is 26.0 Å². The standard InChI is InChI=1S/C19H20N6O/c1-12(2)9-16(18-21-14-5-3-4-6-15(14)22-18)23-19(26)13-7-8-17-24-20-11-25(17)10-13/h3-8,10-12,16H,9H2,1-2H3,(H,21,22)(H,23,26)/t16-/m1/s1. The van der Waals surface area contributed by atoms with E-state index >= 15 is 0 Å². The summed E-state index contributed by atoms with van der Waals surface area (Å²) >= 11 is 0. The summed E-state index contributed by atoms with van der Waals surface area (Å²) in [5.74, 6) is 1.04. The molecule has 1 aromatic carbocycles. The lowest BCUT2D eigenvalue weighted by Crippen LogP contribution is -2.30. The summed E-state index contributed by atoms with van der Waals surface area (Å²) in [5.41, 5.74) is 3.13. The predicted octanol–water partition coefficient (Wildman–Crippen LogP) is 3.12. The first-order valence-corrected chi connectivity index (χ1v) is 8.65. The predicted molar refractivity (Wildman–Crippen MR) is 98.7 cm³/mol. The van der Waals surface area contributed by atoms with Crippen LogP contribution >= 0.6 is 0 Å². The molecule has 0 radical (unpaired) electrons. The number of amides is 1. The zero-order valence-electron chi connectivity index (χ0n) is 14.7. The highest BCUT2D eigenvalue weighted by atomic mass is 16.1. The van der Waals surface area contributed by atoms with Gasteiger partial charge in [-0.2, -0.15) is 0 Å². The Balaban J connectivity index is 1.62. The summed E-state index contributed by atoms with van der Waals surface area (Å²) in [6, 6.07) is 11.2. The van der Waals surface area contributed by atoms with Gasteiger partial charge in [0.2, 0.25) is 0 Å². The van der Waals surface area contributed by atoms with Crippen molar-refractivity contribution >= 4 is 22.6 Å². The van der Waals surface area contributed by atoms with Crippen LogP contribution in [0.15, 0.2) is 48.9 Å². The van der Waals surface area contributed by atoms with Crippen molar-refractivity contribution in [2.75, 3.05) is 0 Å². The van der Waals surface area contributed by atoms with E-state index in [4.69, 9.17) is 0 Å². The summed E-state index contributed by atoms with van der Waals surface area (Å²) < 4.78 is 1.73. The number of fused-ring (bicyclic) bond motifs is 2. The van der Waals surface area contributed by atoms with Crippen molar-refractivity contribution in [1.82, 2.24) is 29.9 Å². The third-order valence-corrected chi connectivity index (χ3v) is 4.30. The van der Waals surface area contributed by atoms with E-state index < -0.39 is 0 Å². The van der Waals surface area contributed by atoms with Gasteiger partial charge in [0, 0.05) is 6.20 Å². The summed E-state index contributed by atoms with van der Waals surface area (Å²) in [4.78, 5) is 20.8. The van der Waals surface area contributed by atoms with E-state index in [0.717, 1.165) is 23.3 Å². The van der Waals surface area contributed by atoms with Crippen molar-refractivity contribution in [3.63, 3.8) is 0 Å². The van der Waals surface area contributed by atoms with Crippen LogP contribution in [-0.2, 0) is 0 Å². The van der Waals surface area contributed by atoms with Gasteiger partial charge in [0.1, 0.15) is 12.2 Å². The maximum absolute atomic E-state index is 12.8. The molecule has 0 saturated carbocycles. The molecule has 0 bridgehead atoms. The number of aromatic nitrogens is 5. The number of nitrogens with one attached hydrogen (secondary N) is 2. The second-order valence-corrected chi connectivity index (χ2v) is 6.81. The molecule has 132 valence electrons. The van der Waals surface area contributed by atoms with Crippen molar-refractivity contribution in [1.29, 1.82) is 0 Å². The molecule has 26 heavy (non-hydrogen) atoms. The molecule has 0 aliphatic rings. The van der Waals surface area contributed by atoms with E-state index in [0.29, 0.717) is 17.1 Å². The smallest absolute Gasteiger partial charge is 0.253 e. The SMILES string of the molecule is CC(C)C[C@@H](NC(=O)c1ccc2nncn2c1)c1nc2ccccc2[nH]1. The van der Waals surface area contributed by atoms with Crippen LogP contribution in [0.25, 0.3) is 16.7 Å². The van der Waals surface area contributed by atoms with Crippen LogP contribution in [-0.4, -0.2) is 30.5 Å². The minimum atomic E-state index is -0.188. The van der Waals surface area contributed by atoms with Gasteiger partial charge < -0.3 is 10.3 Å². The van der Waals surface area contributed by atoms with Crippen LogP contribution in [0.2, 0.25) is 0 Å². The molecular formula is C19H20N6O. The average Bonchev–Trinajstić information content (AvgIpc) is 3.26. The van der Waals surface area contributed by atoms with E-state index in [9.17, 15) is 4.79 Å². The van der Waals surface area contributed by atoms with E-state index in [1.807, 2.05) is 24.3 Å². The highest BCUT2D eigenvalue weighted by Gasteiger charge is 2.20. The fourth-order valence-corrected chi connectivity index (χ4v) is 3.05. The van der Waals surface area contributed by atoms with E-state index in [1.54, 1.807) is 29.1 Å². The molecule has 7 heteroatoms. The van der Waals surface area contributed by atoms with E-state index in [1.165, 1.54) is 0 Å². The number of H-pyrrole nitrogens is 1.